The zero-order valence-electron chi connectivity index (χ0n) is 11.0. The van der Waals surface area contributed by atoms with E-state index in [0.29, 0.717) is 6.54 Å². The number of carbonyl (C=O) groups excluding carboxylic acids is 1. The van der Waals surface area contributed by atoms with Crippen LogP contribution in [0, 0.1) is 6.92 Å². The summed E-state index contributed by atoms with van der Waals surface area (Å²) in [4.78, 5) is 13.0. The van der Waals surface area contributed by atoms with Crippen molar-refractivity contribution in [3.8, 4) is 5.75 Å². The van der Waals surface area contributed by atoms with Crippen molar-refractivity contribution in [2.75, 3.05) is 27.2 Å². The number of nitrogens with zero attached hydrogens (tertiary/aromatic N) is 1. The smallest absolute Gasteiger partial charge is 0.259 e. The molecule has 0 spiro atoms. The van der Waals surface area contributed by atoms with Crippen LogP contribution in [0.4, 0.5) is 0 Å². The Morgan fingerprint density at radius 3 is 2.67 bits per heavy atom. The molecule has 2 N–H and O–H groups in total. The van der Waals surface area contributed by atoms with Crippen LogP contribution in [0.2, 0.25) is 0 Å². The van der Waals surface area contributed by atoms with Crippen LogP contribution in [0.1, 0.15) is 11.1 Å². The quantitative estimate of drug-likeness (QED) is 0.900. The Labute approximate surface area is 116 Å². The number of amides is 1. The molecule has 0 radical (unpaired) electrons. The number of benzene rings is 1. The summed E-state index contributed by atoms with van der Waals surface area (Å²) < 4.78 is 6.63. The third kappa shape index (κ3) is 3.99. The molecule has 0 atom stereocenters. The van der Waals surface area contributed by atoms with E-state index in [1.54, 1.807) is 14.1 Å². The van der Waals surface area contributed by atoms with Crippen LogP contribution >= 0.6 is 15.9 Å². The van der Waals surface area contributed by atoms with Crippen molar-refractivity contribution in [3.63, 3.8) is 0 Å². The first-order chi connectivity index (χ1) is 8.45. The molecule has 100 valence electrons. The Bertz CT molecular complexity index is 433. The molecule has 0 unspecified atom stereocenters. The first-order valence-electron chi connectivity index (χ1n) is 5.77. The van der Waals surface area contributed by atoms with Crippen LogP contribution in [0.3, 0.4) is 0 Å². The minimum atomic E-state index is -0.0592. The van der Waals surface area contributed by atoms with Crippen molar-refractivity contribution in [1.29, 1.82) is 0 Å². The highest BCUT2D eigenvalue weighted by Gasteiger charge is 2.11. The van der Waals surface area contributed by atoms with Gasteiger partial charge in [-0.3, -0.25) is 4.79 Å². The lowest BCUT2D eigenvalue weighted by Gasteiger charge is -2.16. The summed E-state index contributed by atoms with van der Waals surface area (Å²) in [5, 5.41) is 0. The molecule has 4 nitrogen and oxygen atoms in total. The summed E-state index contributed by atoms with van der Waals surface area (Å²) in [5.41, 5.74) is 7.61. The molecule has 1 rings (SSSR count). The summed E-state index contributed by atoms with van der Waals surface area (Å²) >= 11 is 3.45. The summed E-state index contributed by atoms with van der Waals surface area (Å²) in [6, 6.07) is 3.95. The summed E-state index contributed by atoms with van der Waals surface area (Å²) in [6.45, 7) is 2.56. The van der Waals surface area contributed by atoms with Gasteiger partial charge in [0.25, 0.3) is 5.91 Å². The zero-order valence-corrected chi connectivity index (χ0v) is 12.6. The number of rotatable bonds is 5. The number of hydrogen-bond donors (Lipinski definition) is 1. The molecule has 0 aromatic heterocycles. The summed E-state index contributed by atoms with van der Waals surface area (Å²) in [7, 11) is 3.42. The van der Waals surface area contributed by atoms with Gasteiger partial charge in [0.2, 0.25) is 0 Å². The van der Waals surface area contributed by atoms with E-state index >= 15 is 0 Å². The van der Waals surface area contributed by atoms with Gasteiger partial charge in [-0.15, -0.1) is 0 Å². The lowest BCUT2D eigenvalue weighted by molar-refractivity contribution is -0.130. The lowest BCUT2D eigenvalue weighted by atomic mass is 10.1. The monoisotopic (exact) mass is 314 g/mol. The topological polar surface area (TPSA) is 55.6 Å². The Balaban J connectivity index is 2.89. The molecule has 0 bridgehead atoms. The van der Waals surface area contributed by atoms with Gasteiger partial charge in [-0.05, 0) is 43.1 Å². The van der Waals surface area contributed by atoms with Gasteiger partial charge in [0, 0.05) is 18.6 Å². The molecule has 0 aliphatic rings. The Kier molecular flexibility index (Phi) is 5.62. The maximum Gasteiger partial charge on any atom is 0.259 e. The molecule has 0 saturated carbocycles. The Morgan fingerprint density at radius 1 is 1.44 bits per heavy atom. The van der Waals surface area contributed by atoms with Crippen LogP contribution in [0.15, 0.2) is 16.6 Å². The molecular formula is C13H19BrN2O2. The second-order valence-corrected chi connectivity index (χ2v) is 5.24. The van der Waals surface area contributed by atoms with Gasteiger partial charge in [0.15, 0.2) is 6.61 Å². The first-order valence-corrected chi connectivity index (χ1v) is 6.57. The standard InChI is InChI=1S/C13H19BrN2O2/c1-9-6-11(14)7-10(4-5-15)13(9)18-8-12(17)16(2)3/h6-7H,4-5,8,15H2,1-3H3. The van der Waals surface area contributed by atoms with Crippen LogP contribution in [-0.2, 0) is 11.2 Å². The van der Waals surface area contributed by atoms with Crippen LogP contribution < -0.4 is 10.5 Å². The molecule has 1 amide bonds. The van der Waals surface area contributed by atoms with Gasteiger partial charge in [-0.1, -0.05) is 15.9 Å². The first kappa shape index (κ1) is 15.0. The van der Waals surface area contributed by atoms with Crippen molar-refractivity contribution in [3.05, 3.63) is 27.7 Å². The molecule has 0 aliphatic heterocycles. The van der Waals surface area contributed by atoms with Crippen molar-refractivity contribution in [1.82, 2.24) is 4.90 Å². The Hall–Kier alpha value is -1.07. The van der Waals surface area contributed by atoms with Gasteiger partial charge in [-0.25, -0.2) is 0 Å². The highest BCUT2D eigenvalue weighted by molar-refractivity contribution is 9.10. The number of nitrogens with two attached hydrogens (primary N) is 1. The predicted octanol–water partition coefficient (Wildman–Crippen LogP) is 1.73. The van der Waals surface area contributed by atoms with E-state index in [1.165, 1.54) is 4.90 Å². The summed E-state index contributed by atoms with van der Waals surface area (Å²) in [6.07, 6.45) is 0.728. The molecule has 0 heterocycles. The second kappa shape index (κ2) is 6.75. The molecular weight excluding hydrogens is 296 g/mol. The molecule has 5 heteroatoms. The number of hydrogen-bond acceptors (Lipinski definition) is 3. The largest absolute Gasteiger partial charge is 0.483 e. The van der Waals surface area contributed by atoms with E-state index in [9.17, 15) is 4.79 Å². The molecule has 1 aromatic carbocycles. The fourth-order valence-electron chi connectivity index (χ4n) is 1.61. The fraction of sp³-hybridized carbons (Fsp3) is 0.462. The highest BCUT2D eigenvalue weighted by Crippen LogP contribution is 2.28. The van der Waals surface area contributed by atoms with Crippen LogP contribution in [0.25, 0.3) is 0 Å². The maximum atomic E-state index is 11.5. The molecule has 0 saturated heterocycles. The lowest BCUT2D eigenvalue weighted by Crippen LogP contribution is -2.28. The van der Waals surface area contributed by atoms with Gasteiger partial charge >= 0.3 is 0 Å². The van der Waals surface area contributed by atoms with Gasteiger partial charge in [-0.2, -0.15) is 0 Å². The average molecular weight is 315 g/mol. The highest BCUT2D eigenvalue weighted by atomic mass is 79.9. The number of aryl methyl sites for hydroxylation is 1. The predicted molar refractivity (Wildman–Crippen MR) is 75.8 cm³/mol. The third-order valence-corrected chi connectivity index (χ3v) is 3.03. The van der Waals surface area contributed by atoms with E-state index in [0.717, 1.165) is 27.8 Å². The minimum absolute atomic E-state index is 0.0487. The number of likely N-dealkylation sites (N-methyl/N-ethyl adjacent to an activating group) is 1. The zero-order chi connectivity index (χ0) is 13.7. The Morgan fingerprint density at radius 2 is 2.11 bits per heavy atom. The van der Waals surface area contributed by atoms with Crippen molar-refractivity contribution < 1.29 is 9.53 Å². The minimum Gasteiger partial charge on any atom is -0.483 e. The molecule has 1 aromatic rings. The van der Waals surface area contributed by atoms with E-state index in [2.05, 4.69) is 15.9 Å². The third-order valence-electron chi connectivity index (χ3n) is 2.57. The van der Waals surface area contributed by atoms with Crippen molar-refractivity contribution >= 4 is 21.8 Å². The van der Waals surface area contributed by atoms with Crippen molar-refractivity contribution in [2.24, 2.45) is 5.73 Å². The van der Waals surface area contributed by atoms with E-state index in [4.69, 9.17) is 10.5 Å². The SMILES string of the molecule is Cc1cc(Br)cc(CCN)c1OCC(=O)N(C)C. The van der Waals surface area contributed by atoms with E-state index in [-0.39, 0.29) is 12.5 Å². The summed E-state index contributed by atoms with van der Waals surface area (Å²) in [5.74, 6) is 0.704. The average Bonchev–Trinajstić information content (AvgIpc) is 2.27. The van der Waals surface area contributed by atoms with Crippen LogP contribution in [-0.4, -0.2) is 38.1 Å². The fourth-order valence-corrected chi connectivity index (χ4v) is 2.23. The van der Waals surface area contributed by atoms with Crippen LogP contribution in [0.5, 0.6) is 5.75 Å². The number of halogens is 1. The number of ether oxygens (including phenoxy) is 1. The van der Waals surface area contributed by atoms with E-state index < -0.39 is 0 Å². The van der Waals surface area contributed by atoms with Crippen molar-refractivity contribution in [2.45, 2.75) is 13.3 Å². The van der Waals surface area contributed by atoms with Gasteiger partial charge in [0.05, 0.1) is 0 Å². The molecule has 0 aliphatic carbocycles. The molecule has 0 fully saturated rings. The van der Waals surface area contributed by atoms with Gasteiger partial charge < -0.3 is 15.4 Å². The normalized spacial score (nSPS) is 10.3. The maximum absolute atomic E-state index is 11.5. The van der Waals surface area contributed by atoms with E-state index in [1.807, 2.05) is 19.1 Å². The number of carbonyl (C=O) groups is 1. The second-order valence-electron chi connectivity index (χ2n) is 4.33. The molecule has 18 heavy (non-hydrogen) atoms. The van der Waals surface area contributed by atoms with Gasteiger partial charge in [0.1, 0.15) is 5.75 Å².